The van der Waals surface area contributed by atoms with E-state index in [0.29, 0.717) is 11.6 Å². The van der Waals surface area contributed by atoms with Crippen molar-refractivity contribution in [2.75, 3.05) is 32.1 Å². The molecular weight excluding hydrogens is 410 g/mol. The monoisotopic (exact) mass is 429 g/mol. The fraction of sp³-hybridized carbons (Fsp3) is 0.238. The molecule has 3 amide bonds. The molecule has 2 aromatic rings. The van der Waals surface area contributed by atoms with Crippen LogP contribution in [-0.4, -0.2) is 60.2 Å². The van der Waals surface area contributed by atoms with Crippen molar-refractivity contribution >= 4 is 41.0 Å². The van der Waals surface area contributed by atoms with Gasteiger partial charge in [0.05, 0.1) is 18.4 Å². The van der Waals surface area contributed by atoms with Gasteiger partial charge < -0.3 is 19.9 Å². The zero-order valence-corrected chi connectivity index (χ0v) is 17.0. The number of benzene rings is 2. The minimum Gasteiger partial charge on any atom is -0.465 e. The van der Waals surface area contributed by atoms with E-state index in [9.17, 15) is 19.2 Å². The number of para-hydroxylation sites is 1. The number of carbonyl (C=O) groups excluding carboxylic acids is 4. The van der Waals surface area contributed by atoms with Crippen LogP contribution in [0.1, 0.15) is 15.9 Å². The SMILES string of the molecule is COC(=O)c1ccccc1NC(=O)CN1CCN(Cc2ccc(Cl)cc2)C(=O)C1=O. The summed E-state index contributed by atoms with van der Waals surface area (Å²) in [6.07, 6.45) is 0. The highest BCUT2D eigenvalue weighted by molar-refractivity contribution is 6.35. The number of ether oxygens (including phenoxy) is 1. The Labute approximate surface area is 178 Å². The lowest BCUT2D eigenvalue weighted by Crippen LogP contribution is -2.55. The minimum absolute atomic E-state index is 0.198. The molecule has 8 nitrogen and oxygen atoms in total. The van der Waals surface area contributed by atoms with Crippen molar-refractivity contribution in [3.05, 3.63) is 64.7 Å². The maximum absolute atomic E-state index is 12.4. The summed E-state index contributed by atoms with van der Waals surface area (Å²) in [5.74, 6) is -2.52. The summed E-state index contributed by atoms with van der Waals surface area (Å²) < 4.78 is 4.69. The highest BCUT2D eigenvalue weighted by atomic mass is 35.5. The number of methoxy groups -OCH3 is 1. The molecule has 0 spiro atoms. The van der Waals surface area contributed by atoms with Crippen molar-refractivity contribution in [1.29, 1.82) is 0 Å². The zero-order chi connectivity index (χ0) is 21.7. The first-order chi connectivity index (χ1) is 14.4. The fourth-order valence-electron chi connectivity index (χ4n) is 3.07. The molecule has 1 heterocycles. The predicted molar refractivity (Wildman–Crippen MR) is 110 cm³/mol. The molecule has 1 aliphatic heterocycles. The van der Waals surface area contributed by atoms with E-state index in [2.05, 4.69) is 5.32 Å². The van der Waals surface area contributed by atoms with Crippen molar-refractivity contribution in [3.8, 4) is 0 Å². The van der Waals surface area contributed by atoms with Gasteiger partial charge in [0.2, 0.25) is 5.91 Å². The molecule has 1 N–H and O–H groups in total. The highest BCUT2D eigenvalue weighted by Gasteiger charge is 2.33. The molecule has 1 saturated heterocycles. The van der Waals surface area contributed by atoms with Gasteiger partial charge in [-0.25, -0.2) is 4.79 Å². The molecule has 9 heteroatoms. The first kappa shape index (κ1) is 21.3. The zero-order valence-electron chi connectivity index (χ0n) is 16.3. The molecular formula is C21H20ClN3O5. The van der Waals surface area contributed by atoms with Gasteiger partial charge in [-0.2, -0.15) is 0 Å². The second kappa shape index (κ2) is 9.41. The summed E-state index contributed by atoms with van der Waals surface area (Å²) in [4.78, 5) is 51.7. The number of hydrogen-bond acceptors (Lipinski definition) is 5. The third kappa shape index (κ3) is 4.96. The number of esters is 1. The second-order valence-corrected chi connectivity index (χ2v) is 7.10. The van der Waals surface area contributed by atoms with E-state index in [1.165, 1.54) is 23.0 Å². The number of rotatable bonds is 6. The number of anilines is 1. The fourth-order valence-corrected chi connectivity index (χ4v) is 3.20. The molecule has 0 unspecified atom stereocenters. The molecule has 0 saturated carbocycles. The van der Waals surface area contributed by atoms with Gasteiger partial charge in [0.1, 0.15) is 6.54 Å². The van der Waals surface area contributed by atoms with Crippen LogP contribution in [0.2, 0.25) is 5.02 Å². The summed E-state index contributed by atoms with van der Waals surface area (Å²) in [5.41, 5.74) is 1.32. The first-order valence-electron chi connectivity index (χ1n) is 9.19. The van der Waals surface area contributed by atoms with Crippen molar-refractivity contribution < 1.29 is 23.9 Å². The lowest BCUT2D eigenvalue weighted by molar-refractivity contribution is -0.157. The van der Waals surface area contributed by atoms with Gasteiger partial charge >= 0.3 is 17.8 Å². The third-order valence-corrected chi connectivity index (χ3v) is 4.88. The molecule has 2 aromatic carbocycles. The Hall–Kier alpha value is -3.39. The van der Waals surface area contributed by atoms with Crippen LogP contribution in [-0.2, 0) is 25.7 Å². The van der Waals surface area contributed by atoms with E-state index in [0.717, 1.165) is 5.56 Å². The van der Waals surface area contributed by atoms with E-state index in [1.54, 1.807) is 42.5 Å². The van der Waals surface area contributed by atoms with Gasteiger partial charge in [0.25, 0.3) is 0 Å². The van der Waals surface area contributed by atoms with Crippen LogP contribution in [0, 0.1) is 0 Å². The van der Waals surface area contributed by atoms with E-state index < -0.39 is 23.7 Å². The van der Waals surface area contributed by atoms with Crippen LogP contribution in [0.3, 0.4) is 0 Å². The van der Waals surface area contributed by atoms with Gasteiger partial charge in [0, 0.05) is 24.7 Å². The molecule has 0 atom stereocenters. The average Bonchev–Trinajstić information content (AvgIpc) is 2.75. The molecule has 0 aliphatic carbocycles. The Morgan fingerprint density at radius 2 is 1.63 bits per heavy atom. The molecule has 3 rings (SSSR count). The van der Waals surface area contributed by atoms with Gasteiger partial charge in [-0.05, 0) is 29.8 Å². The Morgan fingerprint density at radius 3 is 2.33 bits per heavy atom. The number of hydrogen-bond donors (Lipinski definition) is 1. The molecule has 0 bridgehead atoms. The average molecular weight is 430 g/mol. The lowest BCUT2D eigenvalue weighted by atomic mass is 10.1. The summed E-state index contributed by atoms with van der Waals surface area (Å²) in [7, 11) is 1.24. The van der Waals surface area contributed by atoms with Gasteiger partial charge in [-0.1, -0.05) is 35.9 Å². The normalized spacial score (nSPS) is 13.9. The van der Waals surface area contributed by atoms with Crippen molar-refractivity contribution in [2.45, 2.75) is 6.54 Å². The van der Waals surface area contributed by atoms with Gasteiger partial charge in [-0.3, -0.25) is 14.4 Å². The van der Waals surface area contributed by atoms with E-state index in [-0.39, 0.29) is 30.9 Å². The highest BCUT2D eigenvalue weighted by Crippen LogP contribution is 2.17. The van der Waals surface area contributed by atoms with E-state index in [1.807, 2.05) is 0 Å². The summed E-state index contributed by atoms with van der Waals surface area (Å²) in [5, 5.41) is 3.18. The van der Waals surface area contributed by atoms with Gasteiger partial charge in [0.15, 0.2) is 0 Å². The summed E-state index contributed by atoms with van der Waals surface area (Å²) in [6, 6.07) is 13.4. The van der Waals surface area contributed by atoms with E-state index >= 15 is 0 Å². The lowest BCUT2D eigenvalue weighted by Gasteiger charge is -2.33. The summed E-state index contributed by atoms with van der Waals surface area (Å²) in [6.45, 7) is 0.520. The van der Waals surface area contributed by atoms with Crippen LogP contribution in [0.4, 0.5) is 5.69 Å². The number of carbonyl (C=O) groups is 4. The van der Waals surface area contributed by atoms with Gasteiger partial charge in [-0.15, -0.1) is 0 Å². The Bertz CT molecular complexity index is 977. The Morgan fingerprint density at radius 1 is 1.00 bits per heavy atom. The van der Waals surface area contributed by atoms with Crippen molar-refractivity contribution in [1.82, 2.24) is 9.80 Å². The molecule has 0 aromatic heterocycles. The van der Waals surface area contributed by atoms with Crippen LogP contribution in [0.5, 0.6) is 0 Å². The molecule has 0 radical (unpaired) electrons. The maximum atomic E-state index is 12.4. The predicted octanol–water partition coefficient (Wildman–Crippen LogP) is 1.94. The number of piperazine rings is 1. The van der Waals surface area contributed by atoms with Crippen molar-refractivity contribution in [3.63, 3.8) is 0 Å². The number of amides is 3. The quantitative estimate of drug-likeness (QED) is 0.559. The van der Waals surface area contributed by atoms with Crippen LogP contribution >= 0.6 is 11.6 Å². The standard InChI is InChI=1S/C21H20ClN3O5/c1-30-21(29)16-4-2-3-5-17(16)23-18(26)13-25-11-10-24(19(27)20(25)28)12-14-6-8-15(22)9-7-14/h2-9H,10-13H2,1H3,(H,23,26). The molecule has 1 aliphatic rings. The van der Waals surface area contributed by atoms with Crippen LogP contribution in [0.15, 0.2) is 48.5 Å². The number of nitrogens with one attached hydrogen (secondary N) is 1. The molecule has 156 valence electrons. The molecule has 1 fully saturated rings. The molecule has 30 heavy (non-hydrogen) atoms. The van der Waals surface area contributed by atoms with Crippen LogP contribution in [0.25, 0.3) is 0 Å². The Balaban J connectivity index is 1.60. The first-order valence-corrected chi connectivity index (χ1v) is 9.56. The van der Waals surface area contributed by atoms with E-state index in [4.69, 9.17) is 16.3 Å². The largest absolute Gasteiger partial charge is 0.465 e. The van der Waals surface area contributed by atoms with Crippen LogP contribution < -0.4 is 5.32 Å². The smallest absolute Gasteiger partial charge is 0.339 e. The van der Waals surface area contributed by atoms with Crippen molar-refractivity contribution in [2.24, 2.45) is 0 Å². The number of halogens is 1. The second-order valence-electron chi connectivity index (χ2n) is 6.67. The summed E-state index contributed by atoms with van der Waals surface area (Å²) >= 11 is 5.86. The third-order valence-electron chi connectivity index (χ3n) is 4.62. The maximum Gasteiger partial charge on any atom is 0.339 e. The topological polar surface area (TPSA) is 96.0 Å². The Kier molecular flexibility index (Phi) is 6.68. The number of nitrogens with zero attached hydrogens (tertiary/aromatic N) is 2. The minimum atomic E-state index is -0.744.